The van der Waals surface area contributed by atoms with E-state index in [1.165, 1.54) is 63.4 Å². The van der Waals surface area contributed by atoms with Crippen molar-refractivity contribution in [3.63, 3.8) is 0 Å². The van der Waals surface area contributed by atoms with E-state index in [1.807, 2.05) is 0 Å². The molecule has 1 fully saturated rings. The fourth-order valence-corrected chi connectivity index (χ4v) is 2.98. The Morgan fingerprint density at radius 2 is 1.87 bits per heavy atom. The normalized spacial score (nSPS) is 26.9. The first-order valence-electron chi connectivity index (χ1n) is 6.89. The van der Waals surface area contributed by atoms with Crippen LogP contribution in [0.4, 0.5) is 0 Å². The summed E-state index contributed by atoms with van der Waals surface area (Å²) in [5.41, 5.74) is 1.51. The maximum absolute atomic E-state index is 4.17. The molecule has 88 valence electrons. The van der Waals surface area contributed by atoms with Crippen molar-refractivity contribution in [2.75, 3.05) is 0 Å². The van der Waals surface area contributed by atoms with Gasteiger partial charge in [0.15, 0.2) is 0 Å². The molecule has 1 aliphatic rings. The van der Waals surface area contributed by atoms with Crippen molar-refractivity contribution < 1.29 is 0 Å². The number of hydrogen-bond acceptors (Lipinski definition) is 0. The molecule has 0 bridgehead atoms. The summed E-state index contributed by atoms with van der Waals surface area (Å²) in [6.45, 7) is 8.84. The highest BCUT2D eigenvalue weighted by Gasteiger charge is 2.20. The molecule has 1 aliphatic carbocycles. The second kappa shape index (κ2) is 7.09. The van der Waals surface area contributed by atoms with E-state index in [0.717, 1.165) is 11.8 Å². The molecule has 1 saturated carbocycles. The first-order chi connectivity index (χ1) is 7.22. The lowest BCUT2D eigenvalue weighted by Crippen LogP contribution is -2.14. The first kappa shape index (κ1) is 12.8. The van der Waals surface area contributed by atoms with Crippen LogP contribution in [-0.4, -0.2) is 0 Å². The monoisotopic (exact) mass is 208 g/mol. The molecule has 0 heteroatoms. The van der Waals surface area contributed by atoms with Gasteiger partial charge in [0.05, 0.1) is 0 Å². The molecule has 0 radical (unpaired) electrons. The lowest BCUT2D eigenvalue weighted by molar-refractivity contribution is 0.312. The summed E-state index contributed by atoms with van der Waals surface area (Å²) < 4.78 is 0. The highest BCUT2D eigenvalue weighted by Crippen LogP contribution is 2.34. The van der Waals surface area contributed by atoms with E-state index in [-0.39, 0.29) is 0 Å². The van der Waals surface area contributed by atoms with E-state index in [1.54, 1.807) is 0 Å². The maximum Gasteiger partial charge on any atom is -0.0294 e. The SMILES string of the molecule is C=C1CC(C)CC(CCCCCCC)C1. The number of hydrogen-bond donors (Lipinski definition) is 0. The van der Waals surface area contributed by atoms with Gasteiger partial charge < -0.3 is 0 Å². The second-order valence-electron chi connectivity index (χ2n) is 5.57. The van der Waals surface area contributed by atoms with Crippen molar-refractivity contribution in [3.8, 4) is 0 Å². The summed E-state index contributed by atoms with van der Waals surface area (Å²) >= 11 is 0. The van der Waals surface area contributed by atoms with Crippen LogP contribution in [0.2, 0.25) is 0 Å². The predicted molar refractivity (Wildman–Crippen MR) is 69.0 cm³/mol. The molecule has 0 aromatic rings. The molecule has 0 saturated heterocycles. The third-order valence-corrected chi connectivity index (χ3v) is 3.67. The Hall–Kier alpha value is -0.260. The van der Waals surface area contributed by atoms with Gasteiger partial charge in [-0.25, -0.2) is 0 Å². The summed E-state index contributed by atoms with van der Waals surface area (Å²) in [7, 11) is 0. The van der Waals surface area contributed by atoms with Crippen LogP contribution in [0.3, 0.4) is 0 Å². The van der Waals surface area contributed by atoms with E-state index in [0.29, 0.717) is 0 Å². The molecule has 1 rings (SSSR count). The van der Waals surface area contributed by atoms with Gasteiger partial charge in [0.25, 0.3) is 0 Å². The number of unbranched alkanes of at least 4 members (excludes halogenated alkanes) is 4. The molecule has 0 heterocycles. The van der Waals surface area contributed by atoms with Gasteiger partial charge in [-0.05, 0) is 31.1 Å². The lowest BCUT2D eigenvalue weighted by Gasteiger charge is -2.28. The topological polar surface area (TPSA) is 0 Å². The zero-order valence-corrected chi connectivity index (χ0v) is 10.7. The van der Waals surface area contributed by atoms with Crippen LogP contribution >= 0.6 is 0 Å². The van der Waals surface area contributed by atoms with Gasteiger partial charge >= 0.3 is 0 Å². The van der Waals surface area contributed by atoms with Crippen LogP contribution in [0.5, 0.6) is 0 Å². The zero-order chi connectivity index (χ0) is 11.1. The third-order valence-electron chi connectivity index (χ3n) is 3.67. The minimum atomic E-state index is 0.895. The van der Waals surface area contributed by atoms with E-state index < -0.39 is 0 Å². The molecule has 2 unspecified atom stereocenters. The molecule has 0 nitrogen and oxygen atoms in total. The summed E-state index contributed by atoms with van der Waals surface area (Å²) in [4.78, 5) is 0. The number of allylic oxidation sites excluding steroid dienone is 1. The van der Waals surface area contributed by atoms with Crippen LogP contribution in [0.25, 0.3) is 0 Å². The van der Waals surface area contributed by atoms with Crippen molar-refractivity contribution in [2.24, 2.45) is 11.8 Å². The highest BCUT2D eigenvalue weighted by molar-refractivity contribution is 5.01. The van der Waals surface area contributed by atoms with E-state index in [4.69, 9.17) is 0 Å². The Morgan fingerprint density at radius 3 is 2.53 bits per heavy atom. The van der Waals surface area contributed by atoms with E-state index in [9.17, 15) is 0 Å². The average Bonchev–Trinajstić information content (AvgIpc) is 2.16. The standard InChI is InChI=1S/C15H28/c1-4-5-6-7-8-9-15-11-13(2)10-14(3)12-15/h14-15H,2,4-12H2,1,3H3. The van der Waals surface area contributed by atoms with Gasteiger partial charge in [-0.2, -0.15) is 0 Å². The van der Waals surface area contributed by atoms with Gasteiger partial charge in [-0.1, -0.05) is 64.5 Å². The highest BCUT2D eigenvalue weighted by atomic mass is 14.3. The molecular formula is C15H28. The van der Waals surface area contributed by atoms with Crippen molar-refractivity contribution in [2.45, 2.75) is 71.6 Å². The van der Waals surface area contributed by atoms with Crippen LogP contribution in [0.1, 0.15) is 71.6 Å². The predicted octanol–water partition coefficient (Wildman–Crippen LogP) is 5.34. The Bertz CT molecular complexity index is 180. The summed E-state index contributed by atoms with van der Waals surface area (Å²) in [6, 6.07) is 0. The molecule has 0 aromatic carbocycles. The van der Waals surface area contributed by atoms with Crippen molar-refractivity contribution >= 4 is 0 Å². The molecule has 0 aliphatic heterocycles. The van der Waals surface area contributed by atoms with Gasteiger partial charge in [0.2, 0.25) is 0 Å². The molecule has 0 amide bonds. The van der Waals surface area contributed by atoms with Crippen LogP contribution in [-0.2, 0) is 0 Å². The lowest BCUT2D eigenvalue weighted by atomic mass is 9.78. The van der Waals surface area contributed by atoms with Gasteiger partial charge in [-0.3, -0.25) is 0 Å². The van der Waals surface area contributed by atoms with Gasteiger partial charge in [-0.15, -0.1) is 0 Å². The Labute approximate surface area is 96.2 Å². The molecular weight excluding hydrogens is 180 g/mol. The van der Waals surface area contributed by atoms with Crippen molar-refractivity contribution in [1.82, 2.24) is 0 Å². The summed E-state index contributed by atoms with van der Waals surface area (Å²) in [5, 5.41) is 0. The van der Waals surface area contributed by atoms with Crippen LogP contribution in [0.15, 0.2) is 12.2 Å². The molecule has 0 aromatic heterocycles. The average molecular weight is 208 g/mol. The summed E-state index contributed by atoms with van der Waals surface area (Å²) in [5.74, 6) is 1.86. The quantitative estimate of drug-likeness (QED) is 0.408. The minimum absolute atomic E-state index is 0.895. The molecule has 15 heavy (non-hydrogen) atoms. The van der Waals surface area contributed by atoms with Crippen molar-refractivity contribution in [3.05, 3.63) is 12.2 Å². The van der Waals surface area contributed by atoms with E-state index >= 15 is 0 Å². The third kappa shape index (κ3) is 5.39. The minimum Gasteiger partial charge on any atom is -0.0998 e. The first-order valence-corrected chi connectivity index (χ1v) is 6.89. The fourth-order valence-electron chi connectivity index (χ4n) is 2.98. The Balaban J connectivity index is 2.07. The van der Waals surface area contributed by atoms with E-state index in [2.05, 4.69) is 20.4 Å². The maximum atomic E-state index is 4.17. The Kier molecular flexibility index (Phi) is 6.05. The van der Waals surface area contributed by atoms with Crippen LogP contribution < -0.4 is 0 Å². The van der Waals surface area contributed by atoms with Gasteiger partial charge in [0, 0.05) is 0 Å². The Morgan fingerprint density at radius 1 is 1.13 bits per heavy atom. The van der Waals surface area contributed by atoms with Crippen molar-refractivity contribution in [1.29, 1.82) is 0 Å². The molecule has 0 spiro atoms. The fraction of sp³-hybridized carbons (Fsp3) is 0.867. The van der Waals surface area contributed by atoms with Crippen LogP contribution in [0, 0.1) is 11.8 Å². The largest absolute Gasteiger partial charge is 0.0998 e. The second-order valence-corrected chi connectivity index (χ2v) is 5.57. The van der Waals surface area contributed by atoms with Gasteiger partial charge in [0.1, 0.15) is 0 Å². The smallest absolute Gasteiger partial charge is 0.0294 e. The molecule has 2 atom stereocenters. The number of rotatable bonds is 6. The molecule has 0 N–H and O–H groups in total. The zero-order valence-electron chi connectivity index (χ0n) is 10.7. The summed E-state index contributed by atoms with van der Waals surface area (Å²) in [6.07, 6.45) is 12.6.